The molecule has 144 valence electrons. The maximum atomic E-state index is 12.9. The number of thioether (sulfide) groups is 1. The van der Waals surface area contributed by atoms with Gasteiger partial charge in [0.1, 0.15) is 0 Å². The predicted molar refractivity (Wildman–Crippen MR) is 111 cm³/mol. The number of sulfonamides is 1. The van der Waals surface area contributed by atoms with Gasteiger partial charge in [0.2, 0.25) is 15.9 Å². The van der Waals surface area contributed by atoms with Crippen LogP contribution in [0.4, 0.5) is 5.69 Å². The highest BCUT2D eigenvalue weighted by Gasteiger charge is 2.29. The molecule has 1 amide bonds. The maximum Gasteiger partial charge on any atom is 0.242 e. The average Bonchev–Trinajstić information content (AvgIpc) is 3.09. The van der Waals surface area contributed by atoms with Crippen LogP contribution in [0.5, 0.6) is 0 Å². The smallest absolute Gasteiger partial charge is 0.242 e. The molecule has 0 spiro atoms. The van der Waals surface area contributed by atoms with Crippen LogP contribution in [0.25, 0.3) is 0 Å². The standard InChI is InChI=1S/C20H24N2O3S2/c1-15(26-14-16-7-5-4-6-8-16)20(23)22-12-11-17-13-18(9-10-19(17)22)27(24,25)21(2)3/h4-10,13,15H,11-12,14H2,1-3H3. The molecule has 0 saturated heterocycles. The SMILES string of the molecule is CC(SCc1ccccc1)C(=O)N1CCc2cc(S(=O)(=O)N(C)C)ccc21. The van der Waals surface area contributed by atoms with Crippen molar-refractivity contribution in [3.8, 4) is 0 Å². The summed E-state index contributed by atoms with van der Waals surface area (Å²) in [5.74, 6) is 0.854. The Kier molecular flexibility index (Phi) is 5.93. The highest BCUT2D eigenvalue weighted by molar-refractivity contribution is 7.99. The number of fused-ring (bicyclic) bond motifs is 1. The molecule has 1 heterocycles. The van der Waals surface area contributed by atoms with Crippen LogP contribution in [0.2, 0.25) is 0 Å². The van der Waals surface area contributed by atoms with Crippen molar-refractivity contribution in [2.75, 3.05) is 25.5 Å². The lowest BCUT2D eigenvalue weighted by atomic mass is 10.2. The van der Waals surface area contributed by atoms with Crippen molar-refractivity contribution in [2.45, 2.75) is 29.2 Å². The molecular formula is C20H24N2O3S2. The van der Waals surface area contributed by atoms with Gasteiger partial charge in [-0.25, -0.2) is 12.7 Å². The molecule has 0 aliphatic carbocycles. The van der Waals surface area contributed by atoms with Gasteiger partial charge in [-0.2, -0.15) is 0 Å². The van der Waals surface area contributed by atoms with E-state index in [1.807, 2.05) is 25.1 Å². The van der Waals surface area contributed by atoms with E-state index in [1.54, 1.807) is 34.9 Å². The van der Waals surface area contributed by atoms with Crippen LogP contribution in [0.15, 0.2) is 53.4 Å². The van der Waals surface area contributed by atoms with E-state index in [-0.39, 0.29) is 16.1 Å². The number of benzene rings is 2. The molecule has 5 nitrogen and oxygen atoms in total. The van der Waals surface area contributed by atoms with Gasteiger partial charge in [-0.3, -0.25) is 4.79 Å². The van der Waals surface area contributed by atoms with Gasteiger partial charge in [0.25, 0.3) is 0 Å². The number of anilines is 1. The molecule has 0 fully saturated rings. The van der Waals surface area contributed by atoms with Gasteiger partial charge in [-0.1, -0.05) is 30.3 Å². The van der Waals surface area contributed by atoms with Crippen molar-refractivity contribution in [2.24, 2.45) is 0 Å². The van der Waals surface area contributed by atoms with Gasteiger partial charge < -0.3 is 4.90 Å². The molecule has 0 N–H and O–H groups in total. The molecule has 7 heteroatoms. The zero-order valence-electron chi connectivity index (χ0n) is 15.8. The molecule has 0 radical (unpaired) electrons. The average molecular weight is 405 g/mol. The van der Waals surface area contributed by atoms with Gasteiger partial charge >= 0.3 is 0 Å². The summed E-state index contributed by atoms with van der Waals surface area (Å²) < 4.78 is 25.8. The summed E-state index contributed by atoms with van der Waals surface area (Å²) >= 11 is 1.62. The second-order valence-electron chi connectivity index (χ2n) is 6.76. The molecule has 1 atom stereocenters. The molecule has 2 aromatic rings. The van der Waals surface area contributed by atoms with Crippen LogP contribution in [-0.2, 0) is 27.0 Å². The van der Waals surface area contributed by atoms with E-state index in [1.165, 1.54) is 24.0 Å². The van der Waals surface area contributed by atoms with E-state index < -0.39 is 10.0 Å². The Morgan fingerprint density at radius 1 is 1.19 bits per heavy atom. The highest BCUT2D eigenvalue weighted by atomic mass is 32.2. The Bertz CT molecular complexity index is 927. The van der Waals surface area contributed by atoms with Crippen LogP contribution < -0.4 is 4.90 Å². The molecular weight excluding hydrogens is 380 g/mol. The number of carbonyl (C=O) groups excluding carboxylic acids is 1. The summed E-state index contributed by atoms with van der Waals surface area (Å²) in [5.41, 5.74) is 2.93. The fourth-order valence-corrected chi connectivity index (χ4v) is 4.92. The summed E-state index contributed by atoms with van der Waals surface area (Å²) in [6.07, 6.45) is 0.675. The fourth-order valence-electron chi connectivity index (χ4n) is 3.06. The third-order valence-electron chi connectivity index (χ3n) is 4.68. The Balaban J connectivity index is 1.72. The number of hydrogen-bond donors (Lipinski definition) is 0. The number of hydrogen-bond acceptors (Lipinski definition) is 4. The largest absolute Gasteiger partial charge is 0.311 e. The minimum absolute atomic E-state index is 0.0675. The van der Waals surface area contributed by atoms with Crippen LogP contribution in [-0.4, -0.2) is 44.5 Å². The van der Waals surface area contributed by atoms with E-state index in [0.29, 0.717) is 13.0 Å². The Labute approximate surface area is 165 Å². The highest BCUT2D eigenvalue weighted by Crippen LogP contribution is 2.32. The van der Waals surface area contributed by atoms with Crippen molar-refractivity contribution < 1.29 is 13.2 Å². The monoisotopic (exact) mass is 404 g/mol. The van der Waals surface area contributed by atoms with Gasteiger partial charge in [-0.05, 0) is 42.7 Å². The van der Waals surface area contributed by atoms with Crippen LogP contribution >= 0.6 is 11.8 Å². The molecule has 1 aliphatic heterocycles. The van der Waals surface area contributed by atoms with Crippen molar-refractivity contribution in [3.05, 3.63) is 59.7 Å². The van der Waals surface area contributed by atoms with Crippen molar-refractivity contribution in [3.63, 3.8) is 0 Å². The van der Waals surface area contributed by atoms with E-state index in [4.69, 9.17) is 0 Å². The van der Waals surface area contributed by atoms with E-state index in [2.05, 4.69) is 12.1 Å². The topological polar surface area (TPSA) is 57.7 Å². The normalized spacial score (nSPS) is 15.0. The summed E-state index contributed by atoms with van der Waals surface area (Å²) in [6, 6.07) is 15.1. The second-order valence-corrected chi connectivity index (χ2v) is 10.2. The molecule has 0 saturated carbocycles. The summed E-state index contributed by atoms with van der Waals surface area (Å²) in [7, 11) is -0.430. The Morgan fingerprint density at radius 2 is 1.89 bits per heavy atom. The second kappa shape index (κ2) is 8.04. The Morgan fingerprint density at radius 3 is 2.56 bits per heavy atom. The Hall–Kier alpha value is -1.83. The first-order valence-corrected chi connectivity index (χ1v) is 11.3. The first kappa shape index (κ1) is 19.9. The zero-order chi connectivity index (χ0) is 19.6. The molecule has 1 aliphatic rings. The van der Waals surface area contributed by atoms with Crippen molar-refractivity contribution in [1.29, 1.82) is 0 Å². The number of amides is 1. The number of rotatable bonds is 6. The van der Waals surface area contributed by atoms with Crippen molar-refractivity contribution in [1.82, 2.24) is 4.31 Å². The predicted octanol–water partition coefficient (Wildman–Crippen LogP) is 3.15. The minimum Gasteiger partial charge on any atom is -0.311 e. The molecule has 3 rings (SSSR count). The first-order valence-electron chi connectivity index (χ1n) is 8.83. The van der Waals surface area contributed by atoms with Crippen molar-refractivity contribution >= 4 is 33.4 Å². The van der Waals surface area contributed by atoms with E-state index >= 15 is 0 Å². The fraction of sp³-hybridized carbons (Fsp3) is 0.350. The van der Waals surface area contributed by atoms with E-state index in [9.17, 15) is 13.2 Å². The molecule has 0 aromatic heterocycles. The molecule has 1 unspecified atom stereocenters. The summed E-state index contributed by atoms with van der Waals surface area (Å²) in [6.45, 7) is 2.52. The first-order chi connectivity index (χ1) is 12.8. The molecule has 27 heavy (non-hydrogen) atoms. The zero-order valence-corrected chi connectivity index (χ0v) is 17.4. The molecule has 2 aromatic carbocycles. The lowest BCUT2D eigenvalue weighted by molar-refractivity contribution is -0.117. The van der Waals surface area contributed by atoms with Gasteiger partial charge in [0.15, 0.2) is 0 Å². The maximum absolute atomic E-state index is 12.9. The van der Waals surface area contributed by atoms with Crippen LogP contribution in [0, 0.1) is 0 Å². The quantitative estimate of drug-likeness (QED) is 0.742. The van der Waals surface area contributed by atoms with Gasteiger partial charge in [0, 0.05) is 32.1 Å². The van der Waals surface area contributed by atoms with Crippen LogP contribution in [0.1, 0.15) is 18.1 Å². The van der Waals surface area contributed by atoms with Gasteiger partial charge in [0.05, 0.1) is 10.1 Å². The summed E-state index contributed by atoms with van der Waals surface area (Å²) in [5, 5.41) is -0.165. The minimum atomic E-state index is -3.47. The van der Waals surface area contributed by atoms with Crippen LogP contribution in [0.3, 0.4) is 0 Å². The lowest BCUT2D eigenvalue weighted by Gasteiger charge is -2.22. The summed E-state index contributed by atoms with van der Waals surface area (Å²) in [4.78, 5) is 15.0. The number of nitrogens with zero attached hydrogens (tertiary/aromatic N) is 2. The van der Waals surface area contributed by atoms with E-state index in [0.717, 1.165) is 17.0 Å². The third kappa shape index (κ3) is 4.20. The third-order valence-corrected chi connectivity index (χ3v) is 7.69. The lowest BCUT2D eigenvalue weighted by Crippen LogP contribution is -2.35. The van der Waals surface area contributed by atoms with Gasteiger partial charge in [-0.15, -0.1) is 11.8 Å². The molecule has 0 bridgehead atoms. The number of carbonyl (C=O) groups is 1.